The van der Waals surface area contributed by atoms with E-state index in [1.165, 1.54) is 27.5 Å². The van der Waals surface area contributed by atoms with Crippen LogP contribution in [-0.2, 0) is 0 Å². The summed E-state index contributed by atoms with van der Waals surface area (Å²) in [4.78, 5) is 15.2. The van der Waals surface area contributed by atoms with Gasteiger partial charge in [-0.15, -0.1) is 0 Å². The SMILES string of the molecule is c1ccc(-c2ccc(-c3ccc(-c4nc(-c5ccccc5)nc(-c5cccc6ccc(-c7ccc8ccccc8c7)cc56)n4)cc3)cc2)cc1. The third-order valence-electron chi connectivity index (χ3n) is 9.34. The molecule has 0 aliphatic heterocycles. The van der Waals surface area contributed by atoms with Crippen molar-refractivity contribution >= 4 is 21.5 Å². The molecule has 0 spiro atoms. The van der Waals surface area contributed by atoms with E-state index in [0.717, 1.165) is 44.2 Å². The van der Waals surface area contributed by atoms with Crippen molar-refractivity contribution in [1.82, 2.24) is 15.0 Å². The minimum Gasteiger partial charge on any atom is -0.208 e. The van der Waals surface area contributed by atoms with Crippen LogP contribution < -0.4 is 0 Å². The van der Waals surface area contributed by atoms with E-state index < -0.39 is 0 Å². The molecule has 3 nitrogen and oxygen atoms in total. The number of hydrogen-bond donors (Lipinski definition) is 0. The van der Waals surface area contributed by atoms with Crippen LogP contribution in [0.15, 0.2) is 188 Å². The summed E-state index contributed by atoms with van der Waals surface area (Å²) < 4.78 is 0. The van der Waals surface area contributed by atoms with Crippen LogP contribution in [-0.4, -0.2) is 15.0 Å². The van der Waals surface area contributed by atoms with Gasteiger partial charge in [-0.2, -0.15) is 0 Å². The van der Waals surface area contributed by atoms with Crippen LogP contribution in [0.25, 0.3) is 89.1 Å². The second-order valence-corrected chi connectivity index (χ2v) is 12.5. The van der Waals surface area contributed by atoms with E-state index in [0.29, 0.717) is 17.5 Å². The molecular weight excluding hydrogens is 607 g/mol. The molecule has 0 N–H and O–H groups in total. The summed E-state index contributed by atoms with van der Waals surface area (Å²) in [5.74, 6) is 1.94. The molecule has 50 heavy (non-hydrogen) atoms. The van der Waals surface area contributed by atoms with Gasteiger partial charge < -0.3 is 0 Å². The summed E-state index contributed by atoms with van der Waals surface area (Å²) in [6, 6.07) is 65.9. The predicted octanol–water partition coefficient (Wildman–Crippen LogP) is 12.2. The maximum Gasteiger partial charge on any atom is 0.164 e. The van der Waals surface area contributed by atoms with E-state index in [4.69, 9.17) is 15.0 Å². The second kappa shape index (κ2) is 12.7. The lowest BCUT2D eigenvalue weighted by Crippen LogP contribution is -2.00. The van der Waals surface area contributed by atoms with Crippen LogP contribution in [0.1, 0.15) is 0 Å². The summed E-state index contributed by atoms with van der Waals surface area (Å²) in [5, 5.41) is 4.70. The van der Waals surface area contributed by atoms with Gasteiger partial charge >= 0.3 is 0 Å². The molecule has 3 heteroatoms. The van der Waals surface area contributed by atoms with Crippen LogP contribution in [0, 0.1) is 0 Å². The molecule has 0 saturated carbocycles. The zero-order valence-corrected chi connectivity index (χ0v) is 27.2. The third-order valence-corrected chi connectivity index (χ3v) is 9.34. The van der Waals surface area contributed by atoms with Gasteiger partial charge in [-0.25, -0.2) is 15.0 Å². The minimum absolute atomic E-state index is 0.641. The molecule has 0 unspecified atom stereocenters. The van der Waals surface area contributed by atoms with E-state index in [1.807, 2.05) is 36.4 Å². The fourth-order valence-electron chi connectivity index (χ4n) is 6.66. The zero-order chi connectivity index (χ0) is 33.3. The maximum absolute atomic E-state index is 5.12. The first-order valence-corrected chi connectivity index (χ1v) is 16.9. The van der Waals surface area contributed by atoms with E-state index in [2.05, 4.69) is 152 Å². The summed E-state index contributed by atoms with van der Waals surface area (Å²) in [7, 11) is 0. The first kappa shape index (κ1) is 29.4. The molecule has 9 aromatic rings. The van der Waals surface area contributed by atoms with Crippen molar-refractivity contribution in [2.45, 2.75) is 0 Å². The largest absolute Gasteiger partial charge is 0.208 e. The Morgan fingerprint density at radius 2 is 0.660 bits per heavy atom. The van der Waals surface area contributed by atoms with Crippen molar-refractivity contribution in [2.75, 3.05) is 0 Å². The highest BCUT2D eigenvalue weighted by atomic mass is 15.0. The van der Waals surface area contributed by atoms with Crippen LogP contribution >= 0.6 is 0 Å². The van der Waals surface area contributed by atoms with Gasteiger partial charge in [-0.3, -0.25) is 0 Å². The van der Waals surface area contributed by atoms with Gasteiger partial charge in [-0.1, -0.05) is 176 Å². The second-order valence-electron chi connectivity index (χ2n) is 12.5. The Bertz CT molecular complexity index is 2610. The molecule has 0 aliphatic carbocycles. The number of hydrogen-bond acceptors (Lipinski definition) is 3. The lowest BCUT2D eigenvalue weighted by molar-refractivity contribution is 1.08. The molecular formula is C47H31N3. The minimum atomic E-state index is 0.641. The molecule has 8 aromatic carbocycles. The Labute approximate surface area is 291 Å². The monoisotopic (exact) mass is 637 g/mol. The molecule has 0 fully saturated rings. The van der Waals surface area contributed by atoms with Crippen LogP contribution in [0.3, 0.4) is 0 Å². The quantitative estimate of drug-likeness (QED) is 0.182. The van der Waals surface area contributed by atoms with Crippen molar-refractivity contribution in [3.05, 3.63) is 188 Å². The molecule has 9 rings (SSSR count). The highest BCUT2D eigenvalue weighted by Crippen LogP contribution is 2.34. The van der Waals surface area contributed by atoms with Crippen molar-refractivity contribution in [1.29, 1.82) is 0 Å². The van der Waals surface area contributed by atoms with Gasteiger partial charge in [0, 0.05) is 16.7 Å². The van der Waals surface area contributed by atoms with E-state index >= 15 is 0 Å². The van der Waals surface area contributed by atoms with Gasteiger partial charge in [0.2, 0.25) is 0 Å². The van der Waals surface area contributed by atoms with Gasteiger partial charge in [0.25, 0.3) is 0 Å². The summed E-state index contributed by atoms with van der Waals surface area (Å²) in [5.41, 5.74) is 9.91. The average Bonchev–Trinajstić information content (AvgIpc) is 3.21. The normalized spacial score (nSPS) is 11.2. The Morgan fingerprint density at radius 3 is 1.30 bits per heavy atom. The highest BCUT2D eigenvalue weighted by molar-refractivity contribution is 5.99. The highest BCUT2D eigenvalue weighted by Gasteiger charge is 2.15. The standard InChI is InChI=1S/C47H31N3/c1-3-10-32(11-4-1)34-18-20-35(21-19-34)36-22-26-39(27-23-36)46-48-45(38-13-5-2-6-14-38)49-47(50-46)43-17-9-16-37-25-29-42(31-44(37)43)41-28-24-33-12-7-8-15-40(33)30-41/h1-31H. The van der Waals surface area contributed by atoms with E-state index in [9.17, 15) is 0 Å². The first-order valence-electron chi connectivity index (χ1n) is 16.9. The molecule has 0 aliphatic rings. The topological polar surface area (TPSA) is 38.7 Å². The van der Waals surface area contributed by atoms with Crippen molar-refractivity contribution in [2.24, 2.45) is 0 Å². The number of fused-ring (bicyclic) bond motifs is 2. The zero-order valence-electron chi connectivity index (χ0n) is 27.2. The van der Waals surface area contributed by atoms with Crippen molar-refractivity contribution < 1.29 is 0 Å². The molecule has 0 atom stereocenters. The number of nitrogens with zero attached hydrogens (tertiary/aromatic N) is 3. The van der Waals surface area contributed by atoms with E-state index in [1.54, 1.807) is 0 Å². The Balaban J connectivity index is 1.12. The molecule has 1 heterocycles. The fourth-order valence-corrected chi connectivity index (χ4v) is 6.66. The summed E-state index contributed by atoms with van der Waals surface area (Å²) in [6.07, 6.45) is 0. The molecule has 0 amide bonds. The van der Waals surface area contributed by atoms with Crippen molar-refractivity contribution in [3.8, 4) is 67.5 Å². The molecule has 234 valence electrons. The fraction of sp³-hybridized carbons (Fsp3) is 0. The molecule has 0 bridgehead atoms. The van der Waals surface area contributed by atoms with Crippen LogP contribution in [0.2, 0.25) is 0 Å². The molecule has 0 saturated heterocycles. The lowest BCUT2D eigenvalue weighted by Gasteiger charge is -2.12. The summed E-state index contributed by atoms with van der Waals surface area (Å²) >= 11 is 0. The summed E-state index contributed by atoms with van der Waals surface area (Å²) in [6.45, 7) is 0. The number of aromatic nitrogens is 3. The van der Waals surface area contributed by atoms with Gasteiger partial charge in [-0.05, 0) is 67.1 Å². The average molecular weight is 638 g/mol. The molecule has 1 aromatic heterocycles. The van der Waals surface area contributed by atoms with Crippen LogP contribution in [0.4, 0.5) is 0 Å². The third kappa shape index (κ3) is 5.72. The Hall–Kier alpha value is -6.71. The number of rotatable bonds is 6. The van der Waals surface area contributed by atoms with Gasteiger partial charge in [0.15, 0.2) is 17.5 Å². The van der Waals surface area contributed by atoms with Gasteiger partial charge in [0.05, 0.1) is 0 Å². The van der Waals surface area contributed by atoms with Crippen LogP contribution in [0.5, 0.6) is 0 Å². The Morgan fingerprint density at radius 1 is 0.240 bits per heavy atom. The first-order chi connectivity index (χ1) is 24.7. The van der Waals surface area contributed by atoms with E-state index in [-0.39, 0.29) is 0 Å². The van der Waals surface area contributed by atoms with Gasteiger partial charge in [0.1, 0.15) is 0 Å². The Kier molecular flexibility index (Phi) is 7.49. The maximum atomic E-state index is 5.12. The molecule has 0 radical (unpaired) electrons. The lowest BCUT2D eigenvalue weighted by atomic mass is 9.96. The smallest absolute Gasteiger partial charge is 0.164 e. The predicted molar refractivity (Wildman–Crippen MR) is 207 cm³/mol. The van der Waals surface area contributed by atoms with Crippen molar-refractivity contribution in [3.63, 3.8) is 0 Å². The number of benzene rings is 8.